The monoisotopic (exact) mass is 197 g/mol. The van der Waals surface area contributed by atoms with Crippen molar-refractivity contribution in [3.8, 4) is 5.75 Å². The first kappa shape index (κ1) is 11.0. The van der Waals surface area contributed by atoms with Crippen molar-refractivity contribution >= 4 is 0 Å². The molecule has 0 aromatic heterocycles. The van der Waals surface area contributed by atoms with Gasteiger partial charge in [-0.3, -0.25) is 0 Å². The standard InChI is InChI=1S/C11H16FNO/c1-4-11(13-2)9-6-5-8(14-3)7-10(9)12/h5-7,11,13H,4H2,1-3H3. The molecule has 0 amide bonds. The van der Waals surface area contributed by atoms with E-state index in [1.54, 1.807) is 12.1 Å². The predicted octanol–water partition coefficient (Wildman–Crippen LogP) is 2.50. The highest BCUT2D eigenvalue weighted by Gasteiger charge is 2.12. The number of hydrogen-bond donors (Lipinski definition) is 1. The topological polar surface area (TPSA) is 21.3 Å². The Kier molecular flexibility index (Phi) is 3.89. The summed E-state index contributed by atoms with van der Waals surface area (Å²) in [5.41, 5.74) is 0.691. The van der Waals surface area contributed by atoms with Crippen LogP contribution in [-0.4, -0.2) is 14.2 Å². The van der Waals surface area contributed by atoms with Crippen molar-refractivity contribution in [3.05, 3.63) is 29.6 Å². The number of hydrogen-bond acceptors (Lipinski definition) is 2. The molecule has 0 spiro atoms. The summed E-state index contributed by atoms with van der Waals surface area (Å²) < 4.78 is 18.5. The fraction of sp³-hybridized carbons (Fsp3) is 0.455. The molecule has 0 aliphatic carbocycles. The summed E-state index contributed by atoms with van der Waals surface area (Å²) in [5.74, 6) is 0.336. The van der Waals surface area contributed by atoms with Crippen molar-refractivity contribution in [1.82, 2.24) is 5.32 Å². The normalized spacial score (nSPS) is 12.6. The number of ether oxygens (including phenoxy) is 1. The molecular formula is C11H16FNO. The van der Waals surface area contributed by atoms with E-state index in [1.807, 2.05) is 14.0 Å². The molecule has 0 saturated heterocycles. The third kappa shape index (κ3) is 2.23. The summed E-state index contributed by atoms with van der Waals surface area (Å²) in [6.07, 6.45) is 0.861. The highest BCUT2D eigenvalue weighted by molar-refractivity contribution is 5.30. The van der Waals surface area contributed by atoms with E-state index in [0.29, 0.717) is 11.3 Å². The Balaban J connectivity index is 2.98. The molecule has 1 unspecified atom stereocenters. The molecule has 1 aromatic carbocycles. The maximum atomic E-state index is 13.5. The maximum absolute atomic E-state index is 13.5. The van der Waals surface area contributed by atoms with Gasteiger partial charge in [-0.2, -0.15) is 0 Å². The number of rotatable bonds is 4. The molecule has 0 aliphatic rings. The summed E-state index contributed by atoms with van der Waals surface area (Å²) in [6.45, 7) is 2.02. The number of nitrogens with one attached hydrogen (secondary N) is 1. The first-order valence-electron chi connectivity index (χ1n) is 4.73. The molecule has 0 radical (unpaired) electrons. The highest BCUT2D eigenvalue weighted by atomic mass is 19.1. The molecule has 1 N–H and O–H groups in total. The minimum atomic E-state index is -0.217. The van der Waals surface area contributed by atoms with Crippen LogP contribution in [0.25, 0.3) is 0 Å². The lowest BCUT2D eigenvalue weighted by Crippen LogP contribution is -2.16. The summed E-state index contributed by atoms with van der Waals surface area (Å²) in [7, 11) is 3.36. The smallest absolute Gasteiger partial charge is 0.131 e. The van der Waals surface area contributed by atoms with E-state index >= 15 is 0 Å². The average Bonchev–Trinajstić information content (AvgIpc) is 2.22. The number of methoxy groups -OCH3 is 1. The van der Waals surface area contributed by atoms with E-state index in [0.717, 1.165) is 6.42 Å². The zero-order valence-electron chi connectivity index (χ0n) is 8.80. The van der Waals surface area contributed by atoms with Crippen LogP contribution in [-0.2, 0) is 0 Å². The number of halogens is 1. The van der Waals surface area contributed by atoms with Crippen molar-refractivity contribution in [3.63, 3.8) is 0 Å². The molecule has 0 bridgehead atoms. The lowest BCUT2D eigenvalue weighted by atomic mass is 10.0. The quantitative estimate of drug-likeness (QED) is 0.800. The zero-order chi connectivity index (χ0) is 10.6. The summed E-state index contributed by atoms with van der Waals surface area (Å²) >= 11 is 0. The van der Waals surface area contributed by atoms with Gasteiger partial charge in [0.2, 0.25) is 0 Å². The van der Waals surface area contributed by atoms with Gasteiger partial charge in [0.25, 0.3) is 0 Å². The van der Waals surface area contributed by atoms with Crippen molar-refractivity contribution in [2.24, 2.45) is 0 Å². The molecule has 0 fully saturated rings. The van der Waals surface area contributed by atoms with Gasteiger partial charge in [0, 0.05) is 17.7 Å². The van der Waals surface area contributed by atoms with Crippen LogP contribution in [0.15, 0.2) is 18.2 Å². The van der Waals surface area contributed by atoms with Crippen LogP contribution in [0, 0.1) is 5.82 Å². The summed E-state index contributed by atoms with van der Waals surface area (Å²) in [6, 6.07) is 5.02. The van der Waals surface area contributed by atoms with Gasteiger partial charge in [0.1, 0.15) is 11.6 Å². The second-order valence-corrected chi connectivity index (χ2v) is 3.14. The molecule has 0 heterocycles. The Labute approximate surface area is 84.1 Å². The fourth-order valence-corrected chi connectivity index (χ4v) is 1.50. The third-order valence-electron chi connectivity index (χ3n) is 2.34. The van der Waals surface area contributed by atoms with Gasteiger partial charge in [-0.15, -0.1) is 0 Å². The van der Waals surface area contributed by atoms with Gasteiger partial charge in [-0.05, 0) is 19.5 Å². The van der Waals surface area contributed by atoms with E-state index in [9.17, 15) is 4.39 Å². The Morgan fingerprint density at radius 1 is 1.50 bits per heavy atom. The molecule has 78 valence electrons. The van der Waals surface area contributed by atoms with Crippen molar-refractivity contribution in [2.75, 3.05) is 14.2 Å². The lowest BCUT2D eigenvalue weighted by Gasteiger charge is -2.15. The van der Waals surface area contributed by atoms with Crippen LogP contribution in [0.5, 0.6) is 5.75 Å². The van der Waals surface area contributed by atoms with Gasteiger partial charge >= 0.3 is 0 Å². The molecule has 1 atom stereocenters. The molecule has 3 heteroatoms. The van der Waals surface area contributed by atoms with Crippen LogP contribution < -0.4 is 10.1 Å². The van der Waals surface area contributed by atoms with Crippen LogP contribution in [0.3, 0.4) is 0 Å². The van der Waals surface area contributed by atoms with Crippen LogP contribution in [0.2, 0.25) is 0 Å². The van der Waals surface area contributed by atoms with Gasteiger partial charge in [-0.1, -0.05) is 13.0 Å². The highest BCUT2D eigenvalue weighted by Crippen LogP contribution is 2.23. The minimum Gasteiger partial charge on any atom is -0.497 e. The average molecular weight is 197 g/mol. The summed E-state index contributed by atoms with van der Waals surface area (Å²) in [5, 5.41) is 3.07. The first-order chi connectivity index (χ1) is 6.72. The van der Waals surface area contributed by atoms with E-state index in [1.165, 1.54) is 13.2 Å². The molecule has 2 nitrogen and oxygen atoms in total. The fourth-order valence-electron chi connectivity index (χ4n) is 1.50. The lowest BCUT2D eigenvalue weighted by molar-refractivity contribution is 0.409. The molecule has 1 rings (SSSR count). The Morgan fingerprint density at radius 3 is 2.64 bits per heavy atom. The largest absolute Gasteiger partial charge is 0.497 e. The third-order valence-corrected chi connectivity index (χ3v) is 2.34. The van der Waals surface area contributed by atoms with E-state index in [4.69, 9.17) is 4.74 Å². The summed E-state index contributed by atoms with van der Waals surface area (Å²) in [4.78, 5) is 0. The van der Waals surface area contributed by atoms with Gasteiger partial charge in [0.05, 0.1) is 7.11 Å². The predicted molar refractivity (Wildman–Crippen MR) is 55.0 cm³/mol. The molecule has 0 aliphatic heterocycles. The molecular weight excluding hydrogens is 181 g/mol. The van der Waals surface area contributed by atoms with Crippen molar-refractivity contribution in [2.45, 2.75) is 19.4 Å². The SMILES string of the molecule is CCC(NC)c1ccc(OC)cc1F. The number of benzene rings is 1. The van der Waals surface area contributed by atoms with Crippen LogP contribution in [0.1, 0.15) is 24.9 Å². The van der Waals surface area contributed by atoms with Gasteiger partial charge in [0.15, 0.2) is 0 Å². The van der Waals surface area contributed by atoms with E-state index in [2.05, 4.69) is 5.32 Å². The zero-order valence-corrected chi connectivity index (χ0v) is 8.80. The Hall–Kier alpha value is -1.09. The van der Waals surface area contributed by atoms with Gasteiger partial charge < -0.3 is 10.1 Å². The Morgan fingerprint density at radius 2 is 2.21 bits per heavy atom. The molecule has 14 heavy (non-hydrogen) atoms. The second-order valence-electron chi connectivity index (χ2n) is 3.14. The molecule has 0 saturated carbocycles. The Bertz CT molecular complexity index is 297. The van der Waals surface area contributed by atoms with Crippen molar-refractivity contribution < 1.29 is 9.13 Å². The second kappa shape index (κ2) is 4.96. The first-order valence-corrected chi connectivity index (χ1v) is 4.73. The van der Waals surface area contributed by atoms with Crippen molar-refractivity contribution in [1.29, 1.82) is 0 Å². The maximum Gasteiger partial charge on any atom is 0.131 e. The van der Waals surface area contributed by atoms with Crippen LogP contribution in [0.4, 0.5) is 4.39 Å². The van der Waals surface area contributed by atoms with Gasteiger partial charge in [-0.25, -0.2) is 4.39 Å². The van der Waals surface area contributed by atoms with E-state index in [-0.39, 0.29) is 11.9 Å². The molecule has 1 aromatic rings. The van der Waals surface area contributed by atoms with E-state index < -0.39 is 0 Å². The minimum absolute atomic E-state index is 0.0703. The van der Waals surface area contributed by atoms with Crippen LogP contribution >= 0.6 is 0 Å².